The highest BCUT2D eigenvalue weighted by molar-refractivity contribution is 5.97. The molecular formula is C13H12N2O4. The van der Waals surface area contributed by atoms with E-state index in [4.69, 9.17) is 10.00 Å². The SMILES string of the molecule is COC(=O)c1cccc(N2CC(C#N)OCC2=O)c1. The van der Waals surface area contributed by atoms with E-state index >= 15 is 0 Å². The van der Waals surface area contributed by atoms with Gasteiger partial charge in [0, 0.05) is 5.69 Å². The van der Waals surface area contributed by atoms with Crippen LogP contribution < -0.4 is 4.90 Å². The molecule has 0 bridgehead atoms. The third-order valence-corrected chi connectivity index (χ3v) is 2.78. The van der Waals surface area contributed by atoms with Gasteiger partial charge in [0.15, 0.2) is 6.10 Å². The van der Waals surface area contributed by atoms with Gasteiger partial charge in [-0.15, -0.1) is 0 Å². The first-order chi connectivity index (χ1) is 9.15. The van der Waals surface area contributed by atoms with Crippen molar-refractivity contribution in [2.24, 2.45) is 0 Å². The molecule has 1 amide bonds. The number of hydrogen-bond acceptors (Lipinski definition) is 5. The van der Waals surface area contributed by atoms with Gasteiger partial charge < -0.3 is 14.4 Å². The predicted octanol–water partition coefficient (Wildman–Crippen LogP) is 0.729. The molecule has 1 heterocycles. The number of benzene rings is 1. The molecule has 1 unspecified atom stereocenters. The summed E-state index contributed by atoms with van der Waals surface area (Å²) in [5, 5.41) is 8.84. The summed E-state index contributed by atoms with van der Waals surface area (Å²) in [5.74, 6) is -0.715. The summed E-state index contributed by atoms with van der Waals surface area (Å²) >= 11 is 0. The summed E-state index contributed by atoms with van der Waals surface area (Å²) < 4.78 is 9.67. The lowest BCUT2D eigenvalue weighted by Gasteiger charge is -2.29. The highest BCUT2D eigenvalue weighted by Gasteiger charge is 2.27. The van der Waals surface area contributed by atoms with Gasteiger partial charge in [0.1, 0.15) is 6.61 Å². The average Bonchev–Trinajstić information content (AvgIpc) is 2.47. The first-order valence-electron chi connectivity index (χ1n) is 5.65. The number of nitrogens with zero attached hydrogens (tertiary/aromatic N) is 2. The van der Waals surface area contributed by atoms with Crippen molar-refractivity contribution < 1.29 is 19.1 Å². The standard InChI is InChI=1S/C13H12N2O4/c1-18-13(17)9-3-2-4-10(5-9)15-7-11(6-14)19-8-12(15)16/h2-5,11H,7-8H2,1H3. The fourth-order valence-electron chi connectivity index (χ4n) is 1.82. The van der Waals surface area contributed by atoms with Crippen LogP contribution in [-0.4, -0.2) is 38.2 Å². The molecule has 19 heavy (non-hydrogen) atoms. The summed E-state index contributed by atoms with van der Waals surface area (Å²) in [6.07, 6.45) is -0.653. The predicted molar refractivity (Wildman–Crippen MR) is 65.5 cm³/mol. The maximum atomic E-state index is 11.8. The Morgan fingerprint density at radius 1 is 1.58 bits per heavy atom. The van der Waals surface area contributed by atoms with E-state index in [2.05, 4.69) is 4.74 Å². The molecule has 1 aliphatic rings. The van der Waals surface area contributed by atoms with Crippen molar-refractivity contribution >= 4 is 17.6 Å². The highest BCUT2D eigenvalue weighted by Crippen LogP contribution is 2.20. The molecule has 0 aromatic heterocycles. The Bertz CT molecular complexity index is 550. The maximum absolute atomic E-state index is 11.8. The summed E-state index contributed by atoms with van der Waals surface area (Å²) in [6.45, 7) is 0.0145. The van der Waals surface area contributed by atoms with Gasteiger partial charge in [-0.1, -0.05) is 6.07 Å². The molecule has 0 saturated carbocycles. The number of methoxy groups -OCH3 is 1. The first kappa shape index (κ1) is 13.1. The second-order valence-corrected chi connectivity index (χ2v) is 3.97. The number of carbonyl (C=O) groups is 2. The zero-order chi connectivity index (χ0) is 13.8. The molecule has 0 radical (unpaired) electrons. The van der Waals surface area contributed by atoms with Crippen LogP contribution in [0.5, 0.6) is 0 Å². The Kier molecular flexibility index (Phi) is 3.78. The third-order valence-electron chi connectivity index (χ3n) is 2.78. The Hall–Kier alpha value is -2.39. The quantitative estimate of drug-likeness (QED) is 0.732. The van der Waals surface area contributed by atoms with Gasteiger partial charge in [-0.2, -0.15) is 5.26 Å². The molecule has 0 N–H and O–H groups in total. The molecule has 6 heteroatoms. The fraction of sp³-hybridized carbons (Fsp3) is 0.308. The van der Waals surface area contributed by atoms with E-state index in [0.29, 0.717) is 11.3 Å². The van der Waals surface area contributed by atoms with E-state index in [0.717, 1.165) is 0 Å². The molecule has 6 nitrogen and oxygen atoms in total. The molecule has 1 aromatic carbocycles. The van der Waals surface area contributed by atoms with Crippen LogP contribution in [0, 0.1) is 11.3 Å². The number of morpholine rings is 1. The number of carbonyl (C=O) groups excluding carboxylic acids is 2. The third kappa shape index (κ3) is 2.72. The molecule has 1 aromatic rings. The lowest BCUT2D eigenvalue weighted by Crippen LogP contribution is -2.46. The van der Waals surface area contributed by atoms with E-state index in [1.165, 1.54) is 12.0 Å². The fourth-order valence-corrected chi connectivity index (χ4v) is 1.82. The van der Waals surface area contributed by atoms with Crippen molar-refractivity contribution in [2.75, 3.05) is 25.2 Å². The zero-order valence-electron chi connectivity index (χ0n) is 10.3. The van der Waals surface area contributed by atoms with E-state index in [9.17, 15) is 9.59 Å². The molecule has 1 atom stereocenters. The minimum atomic E-state index is -0.653. The van der Waals surface area contributed by atoms with Crippen LogP contribution in [0.1, 0.15) is 10.4 Å². The number of anilines is 1. The second-order valence-electron chi connectivity index (χ2n) is 3.97. The number of nitriles is 1. The van der Waals surface area contributed by atoms with Crippen molar-refractivity contribution in [1.29, 1.82) is 5.26 Å². The van der Waals surface area contributed by atoms with Crippen LogP contribution in [0.4, 0.5) is 5.69 Å². The van der Waals surface area contributed by atoms with Crippen LogP contribution in [0.15, 0.2) is 24.3 Å². The number of rotatable bonds is 2. The summed E-state index contributed by atoms with van der Waals surface area (Å²) in [6, 6.07) is 8.48. The minimum Gasteiger partial charge on any atom is -0.465 e. The lowest BCUT2D eigenvalue weighted by molar-refractivity contribution is -0.127. The van der Waals surface area contributed by atoms with Gasteiger partial charge in [0.05, 0.1) is 25.3 Å². The summed E-state index contributed by atoms with van der Waals surface area (Å²) in [7, 11) is 1.29. The number of esters is 1. The monoisotopic (exact) mass is 260 g/mol. The van der Waals surface area contributed by atoms with Gasteiger partial charge in [0.25, 0.3) is 5.91 Å². The molecule has 2 rings (SSSR count). The first-order valence-corrected chi connectivity index (χ1v) is 5.65. The second kappa shape index (κ2) is 5.50. The molecule has 1 saturated heterocycles. The van der Waals surface area contributed by atoms with Crippen molar-refractivity contribution in [3.63, 3.8) is 0 Å². The summed E-state index contributed by atoms with van der Waals surface area (Å²) in [4.78, 5) is 24.7. The van der Waals surface area contributed by atoms with E-state index < -0.39 is 12.1 Å². The zero-order valence-corrected chi connectivity index (χ0v) is 10.3. The number of hydrogen-bond donors (Lipinski definition) is 0. The molecule has 0 spiro atoms. The molecule has 1 aliphatic heterocycles. The minimum absolute atomic E-state index is 0.138. The van der Waals surface area contributed by atoms with Crippen LogP contribution in [0.25, 0.3) is 0 Å². The normalized spacial score (nSPS) is 18.8. The van der Waals surface area contributed by atoms with Crippen LogP contribution in [0.2, 0.25) is 0 Å². The van der Waals surface area contributed by atoms with Crippen LogP contribution in [-0.2, 0) is 14.3 Å². The molecular weight excluding hydrogens is 248 g/mol. The van der Waals surface area contributed by atoms with Crippen LogP contribution in [0.3, 0.4) is 0 Å². The number of ether oxygens (including phenoxy) is 2. The average molecular weight is 260 g/mol. The van der Waals surface area contributed by atoms with Gasteiger partial charge in [-0.05, 0) is 18.2 Å². The number of amides is 1. The van der Waals surface area contributed by atoms with Gasteiger partial charge >= 0.3 is 5.97 Å². The molecule has 1 fully saturated rings. The molecule has 0 aliphatic carbocycles. The van der Waals surface area contributed by atoms with Crippen molar-refractivity contribution in [1.82, 2.24) is 0 Å². The molecule has 98 valence electrons. The Balaban J connectivity index is 2.27. The van der Waals surface area contributed by atoms with Gasteiger partial charge in [0.2, 0.25) is 0 Å². The topological polar surface area (TPSA) is 79.6 Å². The van der Waals surface area contributed by atoms with E-state index in [1.807, 2.05) is 6.07 Å². The summed E-state index contributed by atoms with van der Waals surface area (Å²) in [5.41, 5.74) is 0.907. The van der Waals surface area contributed by atoms with Crippen molar-refractivity contribution in [3.8, 4) is 6.07 Å². The Morgan fingerprint density at radius 2 is 2.37 bits per heavy atom. The largest absolute Gasteiger partial charge is 0.465 e. The Morgan fingerprint density at radius 3 is 3.05 bits per heavy atom. The van der Waals surface area contributed by atoms with Crippen LogP contribution >= 0.6 is 0 Å². The van der Waals surface area contributed by atoms with Gasteiger partial charge in [-0.3, -0.25) is 4.79 Å². The van der Waals surface area contributed by atoms with E-state index in [-0.39, 0.29) is 19.1 Å². The van der Waals surface area contributed by atoms with E-state index in [1.54, 1.807) is 24.3 Å². The van der Waals surface area contributed by atoms with Crippen molar-refractivity contribution in [3.05, 3.63) is 29.8 Å². The van der Waals surface area contributed by atoms with Gasteiger partial charge in [-0.25, -0.2) is 4.79 Å². The Labute approximate surface area is 110 Å². The maximum Gasteiger partial charge on any atom is 0.337 e. The smallest absolute Gasteiger partial charge is 0.337 e. The lowest BCUT2D eigenvalue weighted by atomic mass is 10.1. The van der Waals surface area contributed by atoms with Crippen molar-refractivity contribution in [2.45, 2.75) is 6.10 Å². The highest BCUT2D eigenvalue weighted by atomic mass is 16.5.